The average Bonchev–Trinajstić information content (AvgIpc) is 3.21. The lowest BCUT2D eigenvalue weighted by atomic mass is 9.99. The van der Waals surface area contributed by atoms with Crippen molar-refractivity contribution in [3.63, 3.8) is 0 Å². The third kappa shape index (κ3) is 3.67. The van der Waals surface area contributed by atoms with Crippen molar-refractivity contribution in [3.8, 4) is 0 Å². The highest BCUT2D eigenvalue weighted by Gasteiger charge is 2.28. The van der Waals surface area contributed by atoms with Gasteiger partial charge in [-0.05, 0) is 24.3 Å². The molecule has 7 heteroatoms. The van der Waals surface area contributed by atoms with E-state index in [1.54, 1.807) is 30.3 Å². The lowest BCUT2D eigenvalue weighted by Crippen LogP contribution is -2.20. The van der Waals surface area contributed by atoms with Crippen LogP contribution in [-0.4, -0.2) is 16.7 Å². The number of esters is 1. The van der Waals surface area contributed by atoms with Gasteiger partial charge >= 0.3 is 5.97 Å². The first-order valence-corrected chi connectivity index (χ1v) is 7.64. The standard InChI is InChI=1S/C19H13NO6/c21-17(13-5-2-1-3-6-13)18(26-19(22)16-7-4-12-25-16)14-8-10-15(11-9-14)20(23)24/h1-12,18H. The normalized spacial score (nSPS) is 11.5. The van der Waals surface area contributed by atoms with Crippen LogP contribution in [0.25, 0.3) is 0 Å². The van der Waals surface area contributed by atoms with Gasteiger partial charge in [0, 0.05) is 23.3 Å². The number of Topliss-reactive ketones (excluding diaryl/α,β-unsaturated/α-hetero) is 1. The Morgan fingerprint density at radius 2 is 1.65 bits per heavy atom. The summed E-state index contributed by atoms with van der Waals surface area (Å²) in [6.45, 7) is 0. The topological polar surface area (TPSA) is 99.7 Å². The molecule has 0 saturated carbocycles. The number of carbonyl (C=O) groups is 2. The summed E-state index contributed by atoms with van der Waals surface area (Å²) in [5.41, 5.74) is 0.546. The molecule has 7 nitrogen and oxygen atoms in total. The largest absolute Gasteiger partial charge is 0.457 e. The minimum absolute atomic E-state index is 0.0437. The van der Waals surface area contributed by atoms with Crippen LogP contribution in [0.5, 0.6) is 0 Å². The van der Waals surface area contributed by atoms with Gasteiger partial charge in [-0.3, -0.25) is 14.9 Å². The maximum atomic E-state index is 12.8. The van der Waals surface area contributed by atoms with E-state index in [1.165, 1.54) is 42.7 Å². The number of nitro groups is 1. The molecule has 130 valence electrons. The zero-order chi connectivity index (χ0) is 18.5. The summed E-state index contributed by atoms with van der Waals surface area (Å²) in [5.74, 6) is -1.29. The van der Waals surface area contributed by atoms with E-state index < -0.39 is 22.8 Å². The lowest BCUT2D eigenvalue weighted by Gasteiger charge is -2.16. The van der Waals surface area contributed by atoms with Crippen molar-refractivity contribution < 1.29 is 23.7 Å². The van der Waals surface area contributed by atoms with Crippen molar-refractivity contribution in [3.05, 3.63) is 100.0 Å². The molecule has 3 aromatic rings. The molecule has 0 bridgehead atoms. The molecular weight excluding hydrogens is 338 g/mol. The SMILES string of the molecule is O=C(OC(C(=O)c1ccccc1)c1ccc([N+](=O)[O-])cc1)c1ccco1. The van der Waals surface area contributed by atoms with Crippen LogP contribution in [0.2, 0.25) is 0 Å². The number of nitrogens with zero attached hydrogens (tertiary/aromatic N) is 1. The van der Waals surface area contributed by atoms with Crippen LogP contribution in [0.4, 0.5) is 5.69 Å². The molecule has 26 heavy (non-hydrogen) atoms. The highest BCUT2D eigenvalue weighted by atomic mass is 16.6. The van der Waals surface area contributed by atoms with Gasteiger partial charge in [0.1, 0.15) is 0 Å². The monoisotopic (exact) mass is 351 g/mol. The van der Waals surface area contributed by atoms with Crippen molar-refractivity contribution in [1.29, 1.82) is 0 Å². The Morgan fingerprint density at radius 1 is 0.962 bits per heavy atom. The fourth-order valence-electron chi connectivity index (χ4n) is 2.36. The number of hydrogen-bond acceptors (Lipinski definition) is 6. The average molecular weight is 351 g/mol. The van der Waals surface area contributed by atoms with Crippen LogP contribution in [0.15, 0.2) is 77.4 Å². The zero-order valence-corrected chi connectivity index (χ0v) is 13.4. The predicted molar refractivity (Wildman–Crippen MR) is 90.7 cm³/mol. The maximum Gasteiger partial charge on any atom is 0.375 e. The van der Waals surface area contributed by atoms with Crippen LogP contribution in [0, 0.1) is 10.1 Å². The number of ether oxygens (including phenoxy) is 1. The second-order valence-corrected chi connectivity index (χ2v) is 5.34. The van der Waals surface area contributed by atoms with Gasteiger partial charge in [0.05, 0.1) is 11.2 Å². The first-order valence-electron chi connectivity index (χ1n) is 7.64. The van der Waals surface area contributed by atoms with Crippen molar-refractivity contribution in [2.75, 3.05) is 0 Å². The summed E-state index contributed by atoms with van der Waals surface area (Å²) in [4.78, 5) is 35.3. The van der Waals surface area contributed by atoms with Gasteiger partial charge < -0.3 is 9.15 Å². The molecule has 0 radical (unpaired) electrons. The molecule has 0 aliphatic heterocycles. The van der Waals surface area contributed by atoms with Gasteiger partial charge in [-0.25, -0.2) is 4.79 Å². The molecule has 0 saturated heterocycles. The Morgan fingerprint density at radius 3 is 2.23 bits per heavy atom. The van der Waals surface area contributed by atoms with Crippen molar-refractivity contribution in [2.24, 2.45) is 0 Å². The first kappa shape index (κ1) is 17.1. The molecule has 1 heterocycles. The van der Waals surface area contributed by atoms with Crippen LogP contribution in [0.1, 0.15) is 32.6 Å². The van der Waals surface area contributed by atoms with E-state index in [2.05, 4.69) is 0 Å². The quantitative estimate of drug-likeness (QED) is 0.288. The highest BCUT2D eigenvalue weighted by Crippen LogP contribution is 2.26. The molecule has 0 spiro atoms. The predicted octanol–water partition coefficient (Wildman–Crippen LogP) is 3.97. The molecule has 3 rings (SSSR count). The van der Waals surface area contributed by atoms with Gasteiger partial charge in [0.2, 0.25) is 11.5 Å². The van der Waals surface area contributed by atoms with Gasteiger partial charge in [-0.15, -0.1) is 0 Å². The molecule has 0 aliphatic carbocycles. The summed E-state index contributed by atoms with van der Waals surface area (Å²) in [7, 11) is 0. The molecule has 0 N–H and O–H groups in total. The van der Waals surface area contributed by atoms with Crippen LogP contribution < -0.4 is 0 Å². The van der Waals surface area contributed by atoms with Crippen molar-refractivity contribution in [2.45, 2.75) is 6.10 Å². The molecule has 0 fully saturated rings. The minimum Gasteiger partial charge on any atom is -0.457 e. The second-order valence-electron chi connectivity index (χ2n) is 5.34. The Labute approximate surface area is 148 Å². The van der Waals surface area contributed by atoms with Crippen LogP contribution in [0.3, 0.4) is 0 Å². The summed E-state index contributed by atoms with van der Waals surface area (Å²) in [6, 6.07) is 16.6. The zero-order valence-electron chi connectivity index (χ0n) is 13.4. The summed E-state index contributed by atoms with van der Waals surface area (Å²) in [6.07, 6.45) is 0.0621. The number of hydrogen-bond donors (Lipinski definition) is 0. The van der Waals surface area contributed by atoms with Crippen LogP contribution >= 0.6 is 0 Å². The smallest absolute Gasteiger partial charge is 0.375 e. The van der Waals surface area contributed by atoms with E-state index in [9.17, 15) is 19.7 Å². The van der Waals surface area contributed by atoms with Gasteiger partial charge in [0.15, 0.2) is 6.10 Å². The Kier molecular flexibility index (Phi) is 4.89. The fraction of sp³-hybridized carbons (Fsp3) is 0.0526. The number of carbonyl (C=O) groups excluding carboxylic acids is 2. The molecule has 0 aliphatic rings. The third-order valence-electron chi connectivity index (χ3n) is 3.65. The molecular formula is C19H13NO6. The molecule has 0 amide bonds. The maximum absolute atomic E-state index is 12.8. The Bertz CT molecular complexity index is 916. The number of nitro benzene ring substituents is 1. The first-order chi connectivity index (χ1) is 12.6. The Hall–Kier alpha value is -3.74. The lowest BCUT2D eigenvalue weighted by molar-refractivity contribution is -0.384. The molecule has 2 aromatic carbocycles. The minimum atomic E-state index is -1.25. The number of ketones is 1. The van der Waals surface area contributed by atoms with Gasteiger partial charge in [0.25, 0.3) is 5.69 Å². The van der Waals surface area contributed by atoms with E-state index in [0.717, 1.165) is 0 Å². The summed E-state index contributed by atoms with van der Waals surface area (Å²) in [5, 5.41) is 10.8. The molecule has 1 atom stereocenters. The van der Waals surface area contributed by atoms with Gasteiger partial charge in [-0.1, -0.05) is 30.3 Å². The third-order valence-corrected chi connectivity index (χ3v) is 3.65. The highest BCUT2D eigenvalue weighted by molar-refractivity contribution is 6.01. The van der Waals surface area contributed by atoms with Crippen molar-refractivity contribution >= 4 is 17.4 Å². The number of rotatable bonds is 6. The molecule has 1 unspecified atom stereocenters. The second kappa shape index (κ2) is 7.43. The van der Waals surface area contributed by atoms with Crippen LogP contribution in [-0.2, 0) is 4.74 Å². The number of non-ortho nitro benzene ring substituents is 1. The van der Waals surface area contributed by atoms with E-state index in [-0.39, 0.29) is 11.4 Å². The van der Waals surface area contributed by atoms with E-state index >= 15 is 0 Å². The van der Waals surface area contributed by atoms with E-state index in [1.807, 2.05) is 0 Å². The molecule has 1 aromatic heterocycles. The van der Waals surface area contributed by atoms with E-state index in [0.29, 0.717) is 11.1 Å². The summed E-state index contributed by atoms with van der Waals surface area (Å²) < 4.78 is 10.3. The number of furan rings is 1. The summed E-state index contributed by atoms with van der Waals surface area (Å²) >= 11 is 0. The Balaban J connectivity index is 1.94. The van der Waals surface area contributed by atoms with Crippen molar-refractivity contribution in [1.82, 2.24) is 0 Å². The fourth-order valence-corrected chi connectivity index (χ4v) is 2.36. The number of benzene rings is 2. The van der Waals surface area contributed by atoms with Gasteiger partial charge in [-0.2, -0.15) is 0 Å². The van der Waals surface area contributed by atoms with E-state index in [4.69, 9.17) is 9.15 Å².